The Balaban J connectivity index is 1.38. The summed E-state index contributed by atoms with van der Waals surface area (Å²) in [5, 5.41) is 31.5. The van der Waals surface area contributed by atoms with Gasteiger partial charge in [-0.15, -0.1) is 0 Å². The maximum atomic E-state index is 15.3. The number of nitrogens with zero attached hydrogens (tertiary/aromatic N) is 3. The number of ketones is 1. The summed E-state index contributed by atoms with van der Waals surface area (Å²) in [4.78, 5) is 160. The summed E-state index contributed by atoms with van der Waals surface area (Å²) >= 11 is 0. The van der Waals surface area contributed by atoms with E-state index in [0.717, 1.165) is 63.5 Å². The number of amides is 7. The number of hydrogen-bond donors (Lipinski definition) is 9. The number of alkyl carbamates (subject to hydrolysis) is 1. The number of benzene rings is 5. The van der Waals surface area contributed by atoms with Gasteiger partial charge in [0.25, 0.3) is 0 Å². The number of methoxy groups -OCH3 is 1. The van der Waals surface area contributed by atoms with Crippen molar-refractivity contribution in [2.24, 2.45) is 5.11 Å². The van der Waals surface area contributed by atoms with Gasteiger partial charge < -0.3 is 61.5 Å². The Kier molecular flexibility index (Phi) is 28.7. The Morgan fingerprint density at radius 3 is 1.80 bits per heavy atom. The fourth-order valence-corrected chi connectivity index (χ4v) is 10.6. The SMILES string of the molecule is C=CCOC(=O)NC(CC(=O)c1ccccc1N=[N+]=[N-])C(=O)OC(C)C(NC(=O)C(CC(=O)OC)NC(=O)C(CC(=O)NC(c1ccccc1)(c1ccccc1)c1ccccc1)NC(=O)C(Cc1c[nH]c2ccccc12)NC(=O)CCCCCCCCC)C(=O)NCC(=O)O. The average Bonchev–Trinajstić information content (AvgIpc) is 1.28. The Morgan fingerprint density at radius 2 is 1.20 bits per heavy atom. The molecule has 5 aromatic carbocycles. The van der Waals surface area contributed by atoms with Gasteiger partial charge in [0, 0.05) is 52.5 Å². The van der Waals surface area contributed by atoms with Crippen LogP contribution in [0.15, 0.2) is 163 Å². The predicted octanol–water partition coefficient (Wildman–Crippen LogP) is 7.48. The van der Waals surface area contributed by atoms with E-state index in [-0.39, 0.29) is 30.7 Å². The molecule has 1 aromatic heterocycles. The third kappa shape index (κ3) is 21.7. The summed E-state index contributed by atoms with van der Waals surface area (Å²) in [5.74, 6) is -11.1. The van der Waals surface area contributed by atoms with E-state index < -0.39 is 133 Å². The van der Waals surface area contributed by atoms with Crippen molar-refractivity contribution >= 4 is 81.8 Å². The van der Waals surface area contributed by atoms with Crippen LogP contribution in [0, 0.1) is 0 Å². The molecule has 7 amide bonds. The van der Waals surface area contributed by atoms with Crippen LogP contribution in [0.5, 0.6) is 0 Å². The van der Waals surface area contributed by atoms with Crippen molar-refractivity contribution in [3.63, 3.8) is 0 Å². The summed E-state index contributed by atoms with van der Waals surface area (Å²) in [6.45, 7) is 5.27. The number of fused-ring (bicyclic) bond motifs is 1. The molecule has 6 atom stereocenters. The van der Waals surface area contributed by atoms with Crippen molar-refractivity contribution in [1.29, 1.82) is 0 Å². The van der Waals surface area contributed by atoms with Crippen molar-refractivity contribution in [3.8, 4) is 0 Å². The molecule has 0 bridgehead atoms. The van der Waals surface area contributed by atoms with Crippen LogP contribution < -0.4 is 37.2 Å². The van der Waals surface area contributed by atoms with Gasteiger partial charge in [0.2, 0.25) is 35.4 Å². The van der Waals surface area contributed by atoms with Crippen LogP contribution in [0.25, 0.3) is 21.3 Å². The standard InChI is InChI=1S/C69H79N11O15/c1-5-7-8-9-10-11-21-36-58(82)73-53(38-45-42-71-51-34-24-22-32-49(45)51)63(87)74-54(40-59(83)78-69(46-26-15-12-16-27-46,47-28-17-13-18-29-47)48-30-19-14-20-31-48)64(88)75-55(41-61(86)93-4)65(89)77-62(66(90)72-43-60(84)85)44(3)95-67(91)56(76-68(92)94-37-6-2)39-57(81)50-33-23-25-35-52(50)79-80-70/h6,12-20,22-35,42,44,53-56,62,71H,2,5,7-11,21,36-41,43H2,1,3-4H3,(H,72,90)(H,73,82)(H,74,87)(H,75,88)(H,76,92)(H,77,89)(H,78,83)(H,84,85). The van der Waals surface area contributed by atoms with E-state index in [1.165, 1.54) is 30.3 Å². The number of esters is 2. The van der Waals surface area contributed by atoms with Gasteiger partial charge in [-0.25, -0.2) is 9.59 Å². The summed E-state index contributed by atoms with van der Waals surface area (Å²) < 4.78 is 15.5. The zero-order valence-electron chi connectivity index (χ0n) is 53.0. The molecule has 26 nitrogen and oxygen atoms in total. The van der Waals surface area contributed by atoms with Gasteiger partial charge in [-0.3, -0.25) is 43.2 Å². The smallest absolute Gasteiger partial charge is 0.408 e. The van der Waals surface area contributed by atoms with Crippen molar-refractivity contribution in [1.82, 2.24) is 42.2 Å². The molecule has 0 fully saturated rings. The van der Waals surface area contributed by atoms with Crippen LogP contribution in [-0.4, -0.2) is 132 Å². The van der Waals surface area contributed by atoms with Gasteiger partial charge in [-0.1, -0.05) is 197 Å². The van der Waals surface area contributed by atoms with Gasteiger partial charge in [0.05, 0.1) is 20.0 Å². The molecule has 0 aliphatic carbocycles. The number of rotatable bonds is 38. The fraction of sp³-hybridized carbons (Fsp3) is 0.348. The summed E-state index contributed by atoms with van der Waals surface area (Å²) in [6.07, 6.45) is 3.45. The molecule has 9 N–H and O–H groups in total. The molecule has 0 spiro atoms. The van der Waals surface area contributed by atoms with Crippen LogP contribution in [0.3, 0.4) is 0 Å². The molecule has 95 heavy (non-hydrogen) atoms. The molecule has 6 aromatic rings. The first-order chi connectivity index (χ1) is 45.8. The second kappa shape index (κ2) is 37.4. The topological polar surface area (TPSA) is 384 Å². The van der Waals surface area contributed by atoms with Crippen molar-refractivity contribution in [2.45, 2.75) is 133 Å². The number of H-pyrrole nitrogens is 1. The maximum Gasteiger partial charge on any atom is 0.408 e. The summed E-state index contributed by atoms with van der Waals surface area (Å²) in [7, 11) is 0.974. The Labute approximate surface area is 548 Å². The number of ether oxygens (including phenoxy) is 3. The van der Waals surface area contributed by atoms with Crippen molar-refractivity contribution in [2.75, 3.05) is 20.3 Å². The van der Waals surface area contributed by atoms with E-state index in [1.807, 2.05) is 18.2 Å². The molecule has 6 rings (SSSR count). The number of aromatic nitrogens is 1. The highest BCUT2D eigenvalue weighted by Crippen LogP contribution is 2.37. The van der Waals surface area contributed by atoms with Crippen LogP contribution in [-0.2, 0) is 69.3 Å². The first-order valence-corrected chi connectivity index (χ1v) is 31.0. The number of hydrogen-bond acceptors (Lipinski definition) is 15. The molecule has 0 saturated heterocycles. The number of aromatic amines is 1. The number of azide groups is 1. The predicted molar refractivity (Wildman–Crippen MR) is 350 cm³/mol. The number of carboxylic acid groups (broad SMARTS) is 1. The number of carboxylic acids is 1. The lowest BCUT2D eigenvalue weighted by Gasteiger charge is -2.37. The Hall–Kier alpha value is -11.1. The number of carbonyl (C=O) groups is 11. The summed E-state index contributed by atoms with van der Waals surface area (Å²) in [5.41, 5.74) is 10.5. The van der Waals surface area contributed by atoms with Crippen LogP contribution in [0.1, 0.15) is 117 Å². The number of nitrogens with one attached hydrogen (secondary N) is 8. The number of unbranched alkanes of at least 4 members (excludes halogenated alkanes) is 6. The monoisotopic (exact) mass is 1300 g/mol. The van der Waals surface area contributed by atoms with Gasteiger partial charge in [-0.2, -0.15) is 0 Å². The number of carbonyl (C=O) groups excluding carboxylic acids is 10. The molecule has 0 saturated carbocycles. The van der Waals surface area contributed by atoms with E-state index >= 15 is 14.4 Å². The largest absolute Gasteiger partial charge is 0.480 e. The minimum Gasteiger partial charge on any atom is -0.480 e. The van der Waals surface area contributed by atoms with Crippen LogP contribution >= 0.6 is 0 Å². The number of para-hydroxylation sites is 1. The molecule has 0 aliphatic rings. The average molecular weight is 1300 g/mol. The lowest BCUT2D eigenvalue weighted by molar-refractivity contribution is -0.155. The Bertz CT molecular complexity index is 3600. The minimum absolute atomic E-state index is 0.0623. The number of aliphatic carboxylic acids is 1. The highest BCUT2D eigenvalue weighted by Gasteiger charge is 2.41. The van der Waals surface area contributed by atoms with Gasteiger partial charge in [0.15, 0.2) is 5.78 Å². The fourth-order valence-electron chi connectivity index (χ4n) is 10.6. The minimum atomic E-state index is -2.10. The van der Waals surface area contributed by atoms with Gasteiger partial charge in [-0.05, 0) is 47.2 Å². The second-order valence-corrected chi connectivity index (χ2v) is 22.2. The first kappa shape index (κ1) is 72.9. The van der Waals surface area contributed by atoms with E-state index in [0.29, 0.717) is 28.7 Å². The zero-order chi connectivity index (χ0) is 68.7. The highest BCUT2D eigenvalue weighted by atomic mass is 16.6. The lowest BCUT2D eigenvalue weighted by atomic mass is 9.77. The molecule has 6 unspecified atom stereocenters. The lowest BCUT2D eigenvalue weighted by Crippen LogP contribution is -2.61. The molecular formula is C69H79N11O15. The number of Topliss-reactive ketones (excluding diaryl/α,β-unsaturated/α-hetero) is 1. The van der Waals surface area contributed by atoms with E-state index in [9.17, 15) is 43.5 Å². The van der Waals surface area contributed by atoms with E-state index in [2.05, 4.69) is 65.7 Å². The zero-order valence-corrected chi connectivity index (χ0v) is 53.0. The second-order valence-electron chi connectivity index (χ2n) is 22.2. The molecular weight excluding hydrogens is 1220 g/mol. The van der Waals surface area contributed by atoms with Crippen LogP contribution in [0.4, 0.5) is 10.5 Å². The van der Waals surface area contributed by atoms with Crippen LogP contribution in [0.2, 0.25) is 0 Å². The molecule has 26 heteroatoms. The maximum absolute atomic E-state index is 15.3. The first-order valence-electron chi connectivity index (χ1n) is 31.0. The molecule has 0 radical (unpaired) electrons. The molecule has 0 aliphatic heterocycles. The van der Waals surface area contributed by atoms with E-state index in [4.69, 9.17) is 19.7 Å². The third-order valence-corrected chi connectivity index (χ3v) is 15.4. The quantitative estimate of drug-likeness (QED) is 0.00209. The van der Waals surface area contributed by atoms with Crippen molar-refractivity contribution < 1.29 is 72.1 Å². The molecule has 500 valence electrons. The van der Waals surface area contributed by atoms with Gasteiger partial charge >= 0.3 is 24.0 Å². The third-order valence-electron chi connectivity index (χ3n) is 15.4. The van der Waals surface area contributed by atoms with E-state index in [1.54, 1.807) is 103 Å². The normalized spacial score (nSPS) is 12.8. The Morgan fingerprint density at radius 1 is 0.642 bits per heavy atom. The molecule has 1 heterocycles. The summed E-state index contributed by atoms with van der Waals surface area (Å²) in [6, 6.07) is 30.3. The van der Waals surface area contributed by atoms with Gasteiger partial charge in [0.1, 0.15) is 55.0 Å². The van der Waals surface area contributed by atoms with Crippen molar-refractivity contribution in [3.05, 3.63) is 197 Å². The highest BCUT2D eigenvalue weighted by molar-refractivity contribution is 6.03.